The van der Waals surface area contributed by atoms with Crippen molar-refractivity contribution >= 4 is 11.6 Å². The van der Waals surface area contributed by atoms with Crippen molar-refractivity contribution in [2.24, 2.45) is 10.7 Å². The number of aryl methyl sites for hydroxylation is 1. The van der Waals surface area contributed by atoms with Crippen molar-refractivity contribution in [1.82, 2.24) is 0 Å². The Labute approximate surface area is 143 Å². The molecular weight excluding hydrogens is 302 g/mol. The number of ether oxygens (including phenoxy) is 2. The zero-order valence-corrected chi connectivity index (χ0v) is 14.7. The molecule has 5 heteroatoms. The van der Waals surface area contributed by atoms with Crippen LogP contribution in [0.1, 0.15) is 24.0 Å². The molecule has 0 heterocycles. The van der Waals surface area contributed by atoms with Crippen molar-refractivity contribution in [3.05, 3.63) is 53.6 Å². The minimum absolute atomic E-state index is 0.302. The largest absolute Gasteiger partial charge is 0.493 e. The molecule has 1 unspecified atom stereocenters. The smallest absolute Gasteiger partial charge is 0.193 e. The Morgan fingerprint density at radius 3 is 2.38 bits per heavy atom. The van der Waals surface area contributed by atoms with Gasteiger partial charge in [0.25, 0.3) is 0 Å². The Balaban J connectivity index is 1.99. The Morgan fingerprint density at radius 2 is 1.75 bits per heavy atom. The van der Waals surface area contributed by atoms with Crippen LogP contribution in [0.15, 0.2) is 47.5 Å². The Hall–Kier alpha value is -2.69. The van der Waals surface area contributed by atoms with Crippen molar-refractivity contribution in [3.8, 4) is 11.5 Å². The number of anilines is 1. The van der Waals surface area contributed by atoms with Gasteiger partial charge >= 0.3 is 0 Å². The number of guanidine groups is 1. The van der Waals surface area contributed by atoms with Crippen LogP contribution in [0.3, 0.4) is 0 Å². The van der Waals surface area contributed by atoms with E-state index in [2.05, 4.69) is 48.4 Å². The van der Waals surface area contributed by atoms with Gasteiger partial charge in [-0.3, -0.25) is 4.99 Å². The number of hydrogen-bond donors (Lipinski definition) is 2. The normalized spacial score (nSPS) is 12.6. The summed E-state index contributed by atoms with van der Waals surface area (Å²) in [6.45, 7) is 4.84. The van der Waals surface area contributed by atoms with E-state index in [1.54, 1.807) is 14.2 Å². The van der Waals surface area contributed by atoms with Gasteiger partial charge in [-0.2, -0.15) is 0 Å². The van der Waals surface area contributed by atoms with E-state index in [1.165, 1.54) is 11.1 Å². The molecule has 2 rings (SSSR count). The first kappa shape index (κ1) is 17.7. The Bertz CT molecular complexity index is 696. The van der Waals surface area contributed by atoms with Crippen molar-refractivity contribution in [2.75, 3.05) is 26.1 Å². The van der Waals surface area contributed by atoms with Crippen molar-refractivity contribution in [3.63, 3.8) is 0 Å². The zero-order chi connectivity index (χ0) is 17.5. The van der Waals surface area contributed by atoms with E-state index >= 15 is 0 Å². The molecule has 0 aliphatic rings. The monoisotopic (exact) mass is 327 g/mol. The first-order valence-electron chi connectivity index (χ1n) is 7.89. The second-order valence-corrected chi connectivity index (χ2v) is 5.73. The molecule has 3 N–H and O–H groups in total. The third-order valence-electron chi connectivity index (χ3n) is 3.84. The number of nitrogens with two attached hydrogens (primary N) is 1. The van der Waals surface area contributed by atoms with Gasteiger partial charge in [0.2, 0.25) is 0 Å². The summed E-state index contributed by atoms with van der Waals surface area (Å²) in [5.74, 6) is 1.99. The van der Waals surface area contributed by atoms with Crippen LogP contribution in [0, 0.1) is 6.92 Å². The minimum atomic E-state index is 0.302. The van der Waals surface area contributed by atoms with Gasteiger partial charge in [0.1, 0.15) is 0 Å². The van der Waals surface area contributed by atoms with E-state index in [9.17, 15) is 0 Å². The van der Waals surface area contributed by atoms with Gasteiger partial charge in [0.05, 0.1) is 14.2 Å². The van der Waals surface area contributed by atoms with E-state index in [0.29, 0.717) is 29.9 Å². The molecule has 0 bridgehead atoms. The third kappa shape index (κ3) is 4.65. The number of nitrogens with one attached hydrogen (secondary N) is 1. The standard InChI is InChI=1S/C19H25N3O2/c1-13-5-7-15(8-6-13)14(2)12-21-19(20)22-16-9-10-17(23-3)18(11-16)24-4/h5-11,14H,12H2,1-4H3,(H3,20,21,22). The predicted octanol–water partition coefficient (Wildman–Crippen LogP) is 3.54. The highest BCUT2D eigenvalue weighted by molar-refractivity contribution is 5.92. The molecule has 0 spiro atoms. The molecule has 0 amide bonds. The summed E-state index contributed by atoms with van der Waals surface area (Å²) in [6.07, 6.45) is 0. The Kier molecular flexibility index (Phi) is 6.07. The fourth-order valence-electron chi connectivity index (χ4n) is 2.34. The highest BCUT2D eigenvalue weighted by Crippen LogP contribution is 2.29. The summed E-state index contributed by atoms with van der Waals surface area (Å²) >= 11 is 0. The van der Waals surface area contributed by atoms with Crippen LogP contribution in [0.4, 0.5) is 5.69 Å². The number of hydrogen-bond acceptors (Lipinski definition) is 3. The van der Waals surface area contributed by atoms with Gasteiger partial charge in [-0.1, -0.05) is 36.8 Å². The lowest BCUT2D eigenvalue weighted by atomic mass is 10.0. The molecule has 0 radical (unpaired) electrons. The van der Waals surface area contributed by atoms with E-state index in [4.69, 9.17) is 15.2 Å². The lowest BCUT2D eigenvalue weighted by molar-refractivity contribution is 0.355. The molecule has 1 atom stereocenters. The van der Waals surface area contributed by atoms with Crippen LogP contribution in [0.5, 0.6) is 11.5 Å². The first-order chi connectivity index (χ1) is 11.5. The summed E-state index contributed by atoms with van der Waals surface area (Å²) in [7, 11) is 3.20. The molecule has 2 aromatic carbocycles. The van der Waals surface area contributed by atoms with E-state index in [0.717, 1.165) is 5.69 Å². The van der Waals surface area contributed by atoms with Crippen LogP contribution in [0.25, 0.3) is 0 Å². The van der Waals surface area contributed by atoms with Crippen LogP contribution in [-0.4, -0.2) is 26.7 Å². The number of aliphatic imine (C=N–C) groups is 1. The number of methoxy groups -OCH3 is 2. The molecule has 24 heavy (non-hydrogen) atoms. The molecule has 5 nitrogen and oxygen atoms in total. The summed E-state index contributed by atoms with van der Waals surface area (Å²) in [6, 6.07) is 14.0. The molecule has 0 aliphatic carbocycles. The average molecular weight is 327 g/mol. The van der Waals surface area contributed by atoms with Gasteiger partial charge in [-0.05, 0) is 24.6 Å². The summed E-state index contributed by atoms with van der Waals surface area (Å²) < 4.78 is 10.5. The van der Waals surface area contributed by atoms with E-state index in [-0.39, 0.29) is 0 Å². The maximum atomic E-state index is 5.99. The first-order valence-corrected chi connectivity index (χ1v) is 7.89. The number of nitrogens with zero attached hydrogens (tertiary/aromatic N) is 1. The second kappa shape index (κ2) is 8.24. The van der Waals surface area contributed by atoms with Gasteiger partial charge in [0, 0.05) is 24.2 Å². The van der Waals surface area contributed by atoms with Gasteiger partial charge in [-0.25, -0.2) is 0 Å². The summed E-state index contributed by atoms with van der Waals surface area (Å²) in [5, 5.41) is 3.08. The molecule has 2 aromatic rings. The highest BCUT2D eigenvalue weighted by Gasteiger charge is 2.07. The molecular formula is C19H25N3O2. The van der Waals surface area contributed by atoms with Crippen LogP contribution in [-0.2, 0) is 0 Å². The van der Waals surface area contributed by atoms with Crippen LogP contribution < -0.4 is 20.5 Å². The average Bonchev–Trinajstić information content (AvgIpc) is 2.60. The fourth-order valence-corrected chi connectivity index (χ4v) is 2.34. The lowest BCUT2D eigenvalue weighted by Gasteiger charge is -2.12. The SMILES string of the molecule is COc1ccc(NC(N)=NCC(C)c2ccc(C)cc2)cc1OC. The highest BCUT2D eigenvalue weighted by atomic mass is 16.5. The lowest BCUT2D eigenvalue weighted by Crippen LogP contribution is -2.23. The van der Waals surface area contributed by atoms with Crippen molar-refractivity contribution in [2.45, 2.75) is 19.8 Å². The zero-order valence-electron chi connectivity index (χ0n) is 14.7. The molecule has 0 aliphatic heterocycles. The van der Waals surface area contributed by atoms with Gasteiger partial charge in [-0.15, -0.1) is 0 Å². The van der Waals surface area contributed by atoms with Crippen LogP contribution >= 0.6 is 0 Å². The maximum Gasteiger partial charge on any atom is 0.193 e. The van der Waals surface area contributed by atoms with Crippen molar-refractivity contribution in [1.29, 1.82) is 0 Å². The van der Waals surface area contributed by atoms with E-state index < -0.39 is 0 Å². The number of rotatable bonds is 6. The van der Waals surface area contributed by atoms with E-state index in [1.807, 2.05) is 18.2 Å². The summed E-state index contributed by atoms with van der Waals surface area (Å²) in [5.41, 5.74) is 9.29. The van der Waals surface area contributed by atoms with Crippen LogP contribution in [0.2, 0.25) is 0 Å². The predicted molar refractivity (Wildman–Crippen MR) is 99.3 cm³/mol. The van der Waals surface area contributed by atoms with Gasteiger partial charge < -0.3 is 20.5 Å². The molecule has 0 aromatic heterocycles. The van der Waals surface area contributed by atoms with Gasteiger partial charge in [0.15, 0.2) is 17.5 Å². The second-order valence-electron chi connectivity index (χ2n) is 5.73. The fraction of sp³-hybridized carbons (Fsp3) is 0.316. The minimum Gasteiger partial charge on any atom is -0.493 e. The quantitative estimate of drug-likeness (QED) is 0.629. The molecule has 0 saturated carbocycles. The number of benzene rings is 2. The topological polar surface area (TPSA) is 68.9 Å². The molecule has 0 fully saturated rings. The Morgan fingerprint density at radius 1 is 1.08 bits per heavy atom. The van der Waals surface area contributed by atoms with Crippen molar-refractivity contribution < 1.29 is 9.47 Å². The molecule has 0 saturated heterocycles. The third-order valence-corrected chi connectivity index (χ3v) is 3.84. The summed E-state index contributed by atoms with van der Waals surface area (Å²) in [4.78, 5) is 4.43. The maximum absolute atomic E-state index is 5.99. The molecule has 128 valence electrons.